The summed E-state index contributed by atoms with van der Waals surface area (Å²) in [6.07, 6.45) is -3.34. The molecule has 0 amide bonds. The number of alkyl halides is 3. The number of ether oxygens (including phenoxy) is 2. The zero-order valence-electron chi connectivity index (χ0n) is 11.0. The molecule has 0 aliphatic rings. The number of nitrogens with two attached hydrogens (primary N) is 1. The van der Waals surface area contributed by atoms with Crippen LogP contribution in [-0.4, -0.2) is 32.5 Å². The van der Waals surface area contributed by atoms with Crippen LogP contribution in [-0.2, 0) is 11.2 Å². The lowest BCUT2D eigenvalue weighted by Crippen LogP contribution is -2.26. The molecule has 0 heterocycles. The molecule has 20 heavy (non-hydrogen) atoms. The van der Waals surface area contributed by atoms with Crippen LogP contribution < -0.4 is 10.5 Å². The summed E-state index contributed by atoms with van der Waals surface area (Å²) >= 11 is 3.37. The summed E-state index contributed by atoms with van der Waals surface area (Å²) in [6.45, 7) is -1.23. The van der Waals surface area contributed by atoms with E-state index in [9.17, 15) is 13.2 Å². The van der Waals surface area contributed by atoms with Gasteiger partial charge in [0.25, 0.3) is 0 Å². The minimum Gasteiger partial charge on any atom is -0.496 e. The summed E-state index contributed by atoms with van der Waals surface area (Å²) in [4.78, 5) is 0. The van der Waals surface area contributed by atoms with Gasteiger partial charge >= 0.3 is 6.18 Å². The Bertz CT molecular complexity index is 427. The molecule has 1 rings (SSSR count). The maximum atomic E-state index is 11.9. The Morgan fingerprint density at radius 3 is 2.60 bits per heavy atom. The Balaban J connectivity index is 2.35. The summed E-state index contributed by atoms with van der Waals surface area (Å²) in [5.74, 6) is 0.718. The lowest BCUT2D eigenvalue weighted by atomic mass is 10.0. The second kappa shape index (κ2) is 7.85. The standard InChI is InChI=1S/C13H17BrF3NO2/c1-19-12-3-2-9(7-11(12)14)6-10(18)4-5-20-8-13(15,16)17/h2-3,7,10H,4-6,8,18H2,1H3. The van der Waals surface area contributed by atoms with Crippen molar-refractivity contribution < 1.29 is 22.6 Å². The average Bonchev–Trinajstić information content (AvgIpc) is 2.34. The molecule has 2 N–H and O–H groups in total. The number of halogens is 4. The van der Waals surface area contributed by atoms with Gasteiger partial charge in [-0.05, 0) is 46.5 Å². The first-order valence-corrected chi connectivity index (χ1v) is 6.83. The van der Waals surface area contributed by atoms with Crippen molar-refractivity contribution in [3.05, 3.63) is 28.2 Å². The van der Waals surface area contributed by atoms with Crippen LogP contribution in [0.25, 0.3) is 0 Å². The summed E-state index contributed by atoms with van der Waals surface area (Å²) in [6, 6.07) is 5.32. The third-order valence-corrected chi connectivity index (χ3v) is 3.23. The van der Waals surface area contributed by atoms with E-state index < -0.39 is 12.8 Å². The second-order valence-electron chi connectivity index (χ2n) is 4.39. The number of hydrogen-bond donors (Lipinski definition) is 1. The van der Waals surface area contributed by atoms with Crippen molar-refractivity contribution in [2.75, 3.05) is 20.3 Å². The molecule has 3 nitrogen and oxygen atoms in total. The highest BCUT2D eigenvalue weighted by atomic mass is 79.9. The van der Waals surface area contributed by atoms with Gasteiger partial charge in [0, 0.05) is 12.6 Å². The van der Waals surface area contributed by atoms with E-state index in [4.69, 9.17) is 10.5 Å². The molecule has 1 atom stereocenters. The minimum absolute atomic E-state index is 0.00198. The predicted octanol–water partition coefficient (Wildman–Crippen LogP) is 3.30. The molecule has 0 fully saturated rings. The van der Waals surface area contributed by atoms with Crippen LogP contribution in [0.3, 0.4) is 0 Å². The molecule has 0 aliphatic carbocycles. The van der Waals surface area contributed by atoms with Gasteiger partial charge in [0.2, 0.25) is 0 Å². The summed E-state index contributed by atoms with van der Waals surface area (Å²) in [5, 5.41) is 0. The van der Waals surface area contributed by atoms with Gasteiger partial charge in [-0.2, -0.15) is 13.2 Å². The Morgan fingerprint density at radius 1 is 1.35 bits per heavy atom. The first-order chi connectivity index (χ1) is 9.31. The van der Waals surface area contributed by atoms with Gasteiger partial charge in [-0.3, -0.25) is 0 Å². The Morgan fingerprint density at radius 2 is 2.05 bits per heavy atom. The van der Waals surface area contributed by atoms with Gasteiger partial charge in [-0.1, -0.05) is 6.07 Å². The molecule has 0 bridgehead atoms. The van der Waals surface area contributed by atoms with Crippen molar-refractivity contribution >= 4 is 15.9 Å². The van der Waals surface area contributed by atoms with Crippen LogP contribution >= 0.6 is 15.9 Å². The summed E-state index contributed by atoms with van der Waals surface area (Å²) < 4.78 is 46.1. The van der Waals surface area contributed by atoms with Gasteiger partial charge < -0.3 is 15.2 Å². The van der Waals surface area contributed by atoms with Crippen molar-refractivity contribution in [2.45, 2.75) is 25.1 Å². The Labute approximate surface area is 124 Å². The lowest BCUT2D eigenvalue weighted by molar-refractivity contribution is -0.174. The van der Waals surface area contributed by atoms with E-state index in [0.29, 0.717) is 12.8 Å². The second-order valence-corrected chi connectivity index (χ2v) is 5.24. The maximum absolute atomic E-state index is 11.9. The van der Waals surface area contributed by atoms with E-state index >= 15 is 0 Å². The third kappa shape index (κ3) is 6.58. The fraction of sp³-hybridized carbons (Fsp3) is 0.538. The van der Waals surface area contributed by atoms with Crippen LogP contribution in [0.2, 0.25) is 0 Å². The van der Waals surface area contributed by atoms with Crippen LogP contribution in [0.15, 0.2) is 22.7 Å². The van der Waals surface area contributed by atoms with Crippen LogP contribution in [0.1, 0.15) is 12.0 Å². The van der Waals surface area contributed by atoms with Crippen molar-refractivity contribution in [2.24, 2.45) is 5.73 Å². The van der Waals surface area contributed by atoms with Crippen molar-refractivity contribution in [1.29, 1.82) is 0 Å². The molecule has 0 radical (unpaired) electrons. The van der Waals surface area contributed by atoms with E-state index in [1.807, 2.05) is 18.2 Å². The summed E-state index contributed by atoms with van der Waals surface area (Å²) in [5.41, 5.74) is 6.86. The molecule has 1 unspecified atom stereocenters. The van der Waals surface area contributed by atoms with Crippen LogP contribution in [0, 0.1) is 0 Å². The smallest absolute Gasteiger partial charge is 0.411 e. The SMILES string of the molecule is COc1ccc(CC(N)CCOCC(F)(F)F)cc1Br. The number of methoxy groups -OCH3 is 1. The molecule has 0 aliphatic heterocycles. The van der Waals surface area contributed by atoms with Gasteiger partial charge in [0.15, 0.2) is 0 Å². The molecule has 0 saturated carbocycles. The first kappa shape index (κ1) is 17.3. The number of rotatable bonds is 7. The molecule has 0 aromatic heterocycles. The fourth-order valence-corrected chi connectivity index (χ4v) is 2.25. The van der Waals surface area contributed by atoms with Crippen LogP contribution in [0.4, 0.5) is 13.2 Å². The topological polar surface area (TPSA) is 44.5 Å². The van der Waals surface area contributed by atoms with E-state index in [1.165, 1.54) is 0 Å². The van der Waals surface area contributed by atoms with Crippen molar-refractivity contribution in [1.82, 2.24) is 0 Å². The number of hydrogen-bond acceptors (Lipinski definition) is 3. The Hall–Kier alpha value is -0.790. The monoisotopic (exact) mass is 355 g/mol. The molecule has 0 spiro atoms. The molecule has 7 heteroatoms. The summed E-state index contributed by atoms with van der Waals surface area (Å²) in [7, 11) is 1.57. The predicted molar refractivity (Wildman–Crippen MR) is 73.9 cm³/mol. The average molecular weight is 356 g/mol. The first-order valence-electron chi connectivity index (χ1n) is 6.04. The van der Waals surface area contributed by atoms with E-state index in [1.54, 1.807) is 7.11 Å². The molecule has 1 aromatic carbocycles. The largest absolute Gasteiger partial charge is 0.496 e. The number of benzene rings is 1. The third-order valence-electron chi connectivity index (χ3n) is 2.61. The minimum atomic E-state index is -4.29. The maximum Gasteiger partial charge on any atom is 0.411 e. The highest BCUT2D eigenvalue weighted by molar-refractivity contribution is 9.10. The van der Waals surface area contributed by atoms with Crippen molar-refractivity contribution in [3.8, 4) is 5.75 Å². The van der Waals surface area contributed by atoms with E-state index in [2.05, 4.69) is 20.7 Å². The highest BCUT2D eigenvalue weighted by Crippen LogP contribution is 2.26. The zero-order chi connectivity index (χ0) is 15.2. The van der Waals surface area contributed by atoms with Gasteiger partial charge in [-0.15, -0.1) is 0 Å². The zero-order valence-corrected chi connectivity index (χ0v) is 12.6. The Kier molecular flexibility index (Phi) is 6.78. The van der Waals surface area contributed by atoms with Gasteiger partial charge in [-0.25, -0.2) is 0 Å². The normalized spacial score (nSPS) is 13.3. The van der Waals surface area contributed by atoms with Crippen LogP contribution in [0.5, 0.6) is 5.75 Å². The molecular weight excluding hydrogens is 339 g/mol. The molecule has 1 aromatic rings. The van der Waals surface area contributed by atoms with Gasteiger partial charge in [0.1, 0.15) is 12.4 Å². The quantitative estimate of drug-likeness (QED) is 0.763. The van der Waals surface area contributed by atoms with E-state index in [-0.39, 0.29) is 12.6 Å². The van der Waals surface area contributed by atoms with Crippen molar-refractivity contribution in [3.63, 3.8) is 0 Å². The fourth-order valence-electron chi connectivity index (χ4n) is 1.66. The molecular formula is C13H17BrF3NO2. The molecule has 114 valence electrons. The van der Waals surface area contributed by atoms with Gasteiger partial charge in [0.05, 0.1) is 11.6 Å². The van der Waals surface area contributed by atoms with E-state index in [0.717, 1.165) is 15.8 Å². The lowest BCUT2D eigenvalue weighted by Gasteiger charge is -2.13. The highest BCUT2D eigenvalue weighted by Gasteiger charge is 2.27. The molecule has 0 saturated heterocycles.